The monoisotopic (exact) mass is 306 g/mol. The first-order valence-corrected chi connectivity index (χ1v) is 6.00. The molecule has 0 saturated heterocycles. The number of nitrogens with zero attached hydrogens (tertiary/aromatic N) is 4. The minimum absolute atomic E-state index is 0.00615. The van der Waals surface area contributed by atoms with Gasteiger partial charge in [0.25, 0.3) is 17.1 Å². The Morgan fingerprint density at radius 2 is 1.55 bits per heavy atom. The molecule has 2 rings (SSSR count). The van der Waals surface area contributed by atoms with Gasteiger partial charge in [-0.2, -0.15) is 0 Å². The summed E-state index contributed by atoms with van der Waals surface area (Å²) < 4.78 is 0.319. The van der Waals surface area contributed by atoms with Crippen LogP contribution >= 0.6 is 0 Å². The summed E-state index contributed by atoms with van der Waals surface area (Å²) in [5, 5.41) is 34.1. The van der Waals surface area contributed by atoms with Gasteiger partial charge in [-0.1, -0.05) is 0 Å². The number of allylic oxidation sites excluding steroid dienone is 6. The summed E-state index contributed by atoms with van der Waals surface area (Å²) in [6, 6.07) is 0. The Balaban J connectivity index is 2.68. The van der Waals surface area contributed by atoms with Crippen molar-refractivity contribution in [2.75, 3.05) is 0 Å². The van der Waals surface area contributed by atoms with Crippen molar-refractivity contribution in [1.82, 2.24) is 5.06 Å². The molecule has 0 saturated carbocycles. The molecule has 0 radical (unpaired) electrons. The lowest BCUT2D eigenvalue weighted by Gasteiger charge is -2.33. The lowest BCUT2D eigenvalue weighted by Crippen LogP contribution is -2.23. The van der Waals surface area contributed by atoms with E-state index >= 15 is 0 Å². The number of hydroxylamine groups is 2. The predicted octanol–water partition coefficient (Wildman–Crippen LogP) is 1.93. The van der Waals surface area contributed by atoms with Gasteiger partial charge in [0.05, 0.1) is 26.8 Å². The van der Waals surface area contributed by atoms with Gasteiger partial charge in [-0.15, -0.1) is 0 Å². The van der Waals surface area contributed by atoms with Crippen LogP contribution in [0.5, 0.6) is 0 Å². The second-order valence-corrected chi connectivity index (χ2v) is 4.58. The molecule has 2 aliphatic rings. The summed E-state index contributed by atoms with van der Waals surface area (Å²) in [5.74, 6) is 0. The zero-order valence-electron chi connectivity index (χ0n) is 11.5. The van der Waals surface area contributed by atoms with E-state index in [2.05, 4.69) is 0 Å². The lowest BCUT2D eigenvalue weighted by atomic mass is 10.1. The molecule has 0 unspecified atom stereocenters. The van der Waals surface area contributed by atoms with Crippen LogP contribution in [0.2, 0.25) is 0 Å². The third-order valence-electron chi connectivity index (χ3n) is 3.05. The molecule has 0 aromatic rings. The van der Waals surface area contributed by atoms with Crippen LogP contribution in [-0.2, 0) is 0 Å². The average molecular weight is 306 g/mol. The largest absolute Gasteiger partial charge is 0.754 e. The van der Waals surface area contributed by atoms with Gasteiger partial charge >= 0.3 is 0 Å². The standard InChI is InChI=1S/C12H10N4O6/c1-7-3-9(15(19)20)5-11(13(7)17)12-6-10(16(21)22)4-8(2)14(12)18/h3-6H,1-2H3. The maximum atomic E-state index is 12.1. The maximum absolute atomic E-state index is 12.1. The lowest BCUT2D eigenvalue weighted by molar-refractivity contribution is -0.456. The molecule has 2 aliphatic heterocycles. The molecule has 10 nitrogen and oxygen atoms in total. The van der Waals surface area contributed by atoms with E-state index in [1.165, 1.54) is 13.8 Å². The Morgan fingerprint density at radius 1 is 1.00 bits per heavy atom. The second-order valence-electron chi connectivity index (χ2n) is 4.58. The number of nitro groups is 2. The molecule has 0 atom stereocenters. The molecule has 0 fully saturated rings. The molecule has 2 heterocycles. The fraction of sp³-hybridized carbons (Fsp3) is 0.167. The first kappa shape index (κ1) is 15.3. The number of hydrogen-bond donors (Lipinski definition) is 0. The van der Waals surface area contributed by atoms with Crippen molar-refractivity contribution >= 4 is 0 Å². The molecule has 0 aromatic heterocycles. The molecule has 0 aromatic carbocycles. The van der Waals surface area contributed by atoms with Crippen LogP contribution in [0.3, 0.4) is 0 Å². The molecular weight excluding hydrogens is 296 g/mol. The highest BCUT2D eigenvalue weighted by Crippen LogP contribution is 2.29. The van der Waals surface area contributed by atoms with Gasteiger partial charge in [0.15, 0.2) is 0 Å². The summed E-state index contributed by atoms with van der Waals surface area (Å²) >= 11 is 0. The summed E-state index contributed by atoms with van der Waals surface area (Å²) in [6.07, 6.45) is 3.92. The summed E-state index contributed by atoms with van der Waals surface area (Å²) in [6.45, 7) is 2.67. The van der Waals surface area contributed by atoms with Gasteiger partial charge in [-0.25, -0.2) is 0 Å². The Labute approximate surface area is 123 Å². The Kier molecular flexibility index (Phi) is 3.70. The summed E-state index contributed by atoms with van der Waals surface area (Å²) in [4.78, 5) is 32.4. The van der Waals surface area contributed by atoms with Crippen LogP contribution in [0.15, 0.2) is 58.5 Å². The number of nitroso groups, excluding NO2 is 1. The Morgan fingerprint density at radius 3 is 2.09 bits per heavy atom. The topological polar surface area (TPSA) is 133 Å². The molecule has 22 heavy (non-hydrogen) atoms. The van der Waals surface area contributed by atoms with Crippen molar-refractivity contribution in [3.8, 4) is 0 Å². The zero-order chi connectivity index (χ0) is 16.6. The Bertz CT molecular complexity index is 756. The van der Waals surface area contributed by atoms with E-state index in [0.717, 1.165) is 24.3 Å². The van der Waals surface area contributed by atoms with E-state index in [1.807, 2.05) is 0 Å². The molecule has 0 bridgehead atoms. The van der Waals surface area contributed by atoms with Crippen LogP contribution in [-0.4, -0.2) is 19.7 Å². The highest BCUT2D eigenvalue weighted by molar-refractivity contribution is 5.42. The third kappa shape index (κ3) is 2.54. The SMILES string of the molecule is CC1=CC([N+](=O)[O-])=CC(=C2C=C([N+](=O)[O-])C=C(C)[N+]2=O)N1[O-]. The van der Waals surface area contributed by atoms with Crippen LogP contribution < -0.4 is 0 Å². The van der Waals surface area contributed by atoms with Crippen LogP contribution in [0.4, 0.5) is 0 Å². The predicted molar refractivity (Wildman–Crippen MR) is 73.5 cm³/mol. The molecule has 0 aliphatic carbocycles. The fourth-order valence-electron chi connectivity index (χ4n) is 1.97. The molecular formula is C12H10N4O6. The van der Waals surface area contributed by atoms with Crippen LogP contribution in [0.25, 0.3) is 0 Å². The van der Waals surface area contributed by atoms with E-state index in [4.69, 9.17) is 0 Å². The summed E-state index contributed by atoms with van der Waals surface area (Å²) in [7, 11) is 0. The fourth-order valence-corrected chi connectivity index (χ4v) is 1.97. The first-order valence-electron chi connectivity index (χ1n) is 6.00. The van der Waals surface area contributed by atoms with E-state index < -0.39 is 9.85 Å². The maximum Gasteiger partial charge on any atom is 0.292 e. The van der Waals surface area contributed by atoms with Gasteiger partial charge in [0.2, 0.25) is 5.70 Å². The van der Waals surface area contributed by atoms with E-state index in [0.29, 0.717) is 9.82 Å². The molecule has 0 spiro atoms. The highest BCUT2D eigenvalue weighted by Gasteiger charge is 2.34. The van der Waals surface area contributed by atoms with Gasteiger partial charge in [0, 0.05) is 29.7 Å². The van der Waals surface area contributed by atoms with Crippen molar-refractivity contribution in [1.29, 1.82) is 0 Å². The number of hydrogen-bond acceptors (Lipinski definition) is 7. The highest BCUT2D eigenvalue weighted by atomic mass is 16.6. The minimum atomic E-state index is -0.712. The zero-order valence-corrected chi connectivity index (χ0v) is 11.5. The van der Waals surface area contributed by atoms with Crippen molar-refractivity contribution in [3.63, 3.8) is 0 Å². The van der Waals surface area contributed by atoms with Gasteiger partial charge < -0.3 is 10.3 Å². The van der Waals surface area contributed by atoms with Crippen molar-refractivity contribution < 1.29 is 14.6 Å². The molecule has 114 valence electrons. The number of rotatable bonds is 2. The average Bonchev–Trinajstić information content (AvgIpc) is 2.44. The van der Waals surface area contributed by atoms with Crippen molar-refractivity contribution in [2.45, 2.75) is 13.8 Å². The second kappa shape index (κ2) is 5.33. The Hall–Kier alpha value is -3.14. The minimum Gasteiger partial charge on any atom is -0.754 e. The van der Waals surface area contributed by atoms with E-state index in [9.17, 15) is 30.3 Å². The molecule has 0 amide bonds. The first-order chi connectivity index (χ1) is 10.2. The normalized spacial score (nSPS) is 21.8. The summed E-state index contributed by atoms with van der Waals surface area (Å²) in [5.41, 5.74) is -1.43. The van der Waals surface area contributed by atoms with Crippen LogP contribution in [0.1, 0.15) is 13.8 Å². The molecule has 10 heteroatoms. The van der Waals surface area contributed by atoms with Crippen LogP contribution in [0, 0.1) is 30.3 Å². The van der Waals surface area contributed by atoms with Gasteiger partial charge in [-0.3, -0.25) is 20.2 Å². The smallest absolute Gasteiger partial charge is 0.292 e. The van der Waals surface area contributed by atoms with Gasteiger partial charge in [0.1, 0.15) is 5.70 Å². The third-order valence-corrected chi connectivity index (χ3v) is 3.05. The quantitative estimate of drug-likeness (QED) is 0.432. The van der Waals surface area contributed by atoms with E-state index in [-0.39, 0.29) is 34.2 Å². The van der Waals surface area contributed by atoms with E-state index in [1.54, 1.807) is 0 Å². The molecule has 0 N–H and O–H groups in total. The van der Waals surface area contributed by atoms with Crippen molar-refractivity contribution in [2.24, 2.45) is 0 Å². The van der Waals surface area contributed by atoms with Gasteiger partial charge in [-0.05, 0) is 6.92 Å². The van der Waals surface area contributed by atoms with Crippen molar-refractivity contribution in [3.05, 3.63) is 88.8 Å².